The van der Waals surface area contributed by atoms with E-state index in [0.717, 1.165) is 31.2 Å². The maximum atomic E-state index is 12.0. The van der Waals surface area contributed by atoms with Crippen molar-refractivity contribution in [1.29, 1.82) is 0 Å². The number of carbonyl (C=O) groups excluding carboxylic acids is 1. The Morgan fingerprint density at radius 1 is 1.30 bits per heavy atom. The van der Waals surface area contributed by atoms with Gasteiger partial charge in [0.1, 0.15) is 12.6 Å². The molecular formula is C12H13F3N2O5S. The van der Waals surface area contributed by atoms with Crippen molar-refractivity contribution in [2.75, 3.05) is 6.54 Å². The van der Waals surface area contributed by atoms with Gasteiger partial charge >= 0.3 is 12.1 Å². The number of hydrogen-bond acceptors (Lipinski definition) is 4. The summed E-state index contributed by atoms with van der Waals surface area (Å²) in [7, 11) is -4.24. The lowest BCUT2D eigenvalue weighted by atomic mass is 10.2. The minimum atomic E-state index is -4.60. The summed E-state index contributed by atoms with van der Waals surface area (Å²) >= 11 is 0. The molecule has 1 amide bonds. The molecule has 11 heteroatoms. The molecule has 0 fully saturated rings. The molecule has 0 bridgehead atoms. The molecular weight excluding hydrogens is 341 g/mol. The van der Waals surface area contributed by atoms with Gasteiger partial charge in [0.25, 0.3) is 5.91 Å². The molecule has 0 radical (unpaired) electrons. The Balaban J connectivity index is 2.96. The van der Waals surface area contributed by atoms with Crippen molar-refractivity contribution in [2.24, 2.45) is 0 Å². The maximum absolute atomic E-state index is 12.0. The number of carbonyl (C=O) groups is 2. The Morgan fingerprint density at radius 3 is 2.43 bits per heavy atom. The van der Waals surface area contributed by atoms with E-state index < -0.39 is 45.6 Å². The monoisotopic (exact) mass is 354 g/mol. The fourth-order valence-corrected chi connectivity index (χ4v) is 2.68. The number of amides is 1. The van der Waals surface area contributed by atoms with Crippen LogP contribution < -0.4 is 10.0 Å². The van der Waals surface area contributed by atoms with Crippen LogP contribution in [0.1, 0.15) is 17.3 Å². The van der Waals surface area contributed by atoms with Crippen molar-refractivity contribution >= 4 is 21.9 Å². The smallest absolute Gasteiger partial charge is 0.405 e. The number of hydrogen-bond donors (Lipinski definition) is 3. The van der Waals surface area contributed by atoms with Crippen molar-refractivity contribution in [1.82, 2.24) is 10.0 Å². The second kappa shape index (κ2) is 6.96. The molecule has 7 nitrogen and oxygen atoms in total. The summed E-state index contributed by atoms with van der Waals surface area (Å²) in [5.41, 5.74) is -0.305. The molecule has 0 aromatic heterocycles. The molecule has 0 saturated heterocycles. The highest BCUT2D eigenvalue weighted by Crippen LogP contribution is 2.14. The number of carboxylic acids is 1. The molecule has 0 aliphatic heterocycles. The van der Waals surface area contributed by atoms with E-state index in [1.807, 2.05) is 4.72 Å². The standard InChI is InChI=1S/C12H13F3N2O5S/c1-7(11(19)20)17-23(21,22)9-4-2-3-8(5-9)10(18)16-6-12(13,14)15/h2-5,7,17H,6H2,1H3,(H,16,18)(H,19,20). The average Bonchev–Trinajstić information content (AvgIpc) is 2.43. The highest BCUT2D eigenvalue weighted by molar-refractivity contribution is 7.89. The Hall–Kier alpha value is -2.14. The number of halogens is 3. The topological polar surface area (TPSA) is 113 Å². The number of sulfonamides is 1. The molecule has 1 atom stereocenters. The Labute approximate surface area is 129 Å². The summed E-state index contributed by atoms with van der Waals surface area (Å²) in [6.45, 7) is -0.461. The average molecular weight is 354 g/mol. The summed E-state index contributed by atoms with van der Waals surface area (Å²) < 4.78 is 61.9. The first-order valence-corrected chi connectivity index (χ1v) is 7.61. The largest absolute Gasteiger partial charge is 0.480 e. The third-order valence-electron chi connectivity index (χ3n) is 2.56. The molecule has 23 heavy (non-hydrogen) atoms. The minimum absolute atomic E-state index is 0.305. The van der Waals surface area contributed by atoms with Crippen LogP contribution in [0, 0.1) is 0 Å². The van der Waals surface area contributed by atoms with Crippen LogP contribution in [-0.2, 0) is 14.8 Å². The minimum Gasteiger partial charge on any atom is -0.480 e. The van der Waals surface area contributed by atoms with Crippen molar-refractivity contribution in [3.63, 3.8) is 0 Å². The third kappa shape index (κ3) is 5.87. The highest BCUT2D eigenvalue weighted by atomic mass is 32.2. The lowest BCUT2D eigenvalue weighted by Gasteiger charge is -2.12. The van der Waals surface area contributed by atoms with Gasteiger partial charge in [-0.25, -0.2) is 8.42 Å². The van der Waals surface area contributed by atoms with Crippen LogP contribution in [0.2, 0.25) is 0 Å². The molecule has 0 spiro atoms. The van der Waals surface area contributed by atoms with E-state index in [1.54, 1.807) is 5.32 Å². The van der Waals surface area contributed by atoms with Crippen LogP contribution in [0.25, 0.3) is 0 Å². The SMILES string of the molecule is CC(NS(=O)(=O)c1cccc(C(=O)NCC(F)(F)F)c1)C(=O)O. The molecule has 1 unspecified atom stereocenters. The zero-order chi connectivity index (χ0) is 17.8. The molecule has 1 aromatic carbocycles. The van der Waals surface area contributed by atoms with Gasteiger partial charge in [-0.2, -0.15) is 17.9 Å². The summed E-state index contributed by atoms with van der Waals surface area (Å²) in [6, 6.07) is 2.80. The van der Waals surface area contributed by atoms with Gasteiger partial charge in [-0.3, -0.25) is 9.59 Å². The Kier molecular flexibility index (Phi) is 5.72. The summed E-state index contributed by atoms with van der Waals surface area (Å²) in [6.07, 6.45) is -4.60. The number of carboxylic acid groups (broad SMARTS) is 1. The van der Waals surface area contributed by atoms with Crippen LogP contribution in [0.5, 0.6) is 0 Å². The van der Waals surface area contributed by atoms with Crippen LogP contribution >= 0.6 is 0 Å². The van der Waals surface area contributed by atoms with Crippen molar-refractivity contribution in [2.45, 2.75) is 24.0 Å². The van der Waals surface area contributed by atoms with Gasteiger partial charge in [-0.05, 0) is 25.1 Å². The number of aliphatic carboxylic acids is 1. The van der Waals surface area contributed by atoms with E-state index in [-0.39, 0.29) is 5.56 Å². The molecule has 1 rings (SSSR count). The van der Waals surface area contributed by atoms with Gasteiger partial charge in [0, 0.05) is 5.56 Å². The quantitative estimate of drug-likeness (QED) is 0.697. The van der Waals surface area contributed by atoms with Gasteiger partial charge in [0.2, 0.25) is 10.0 Å². The fraction of sp³-hybridized carbons (Fsp3) is 0.333. The molecule has 0 saturated carbocycles. The predicted molar refractivity (Wildman–Crippen MR) is 72.2 cm³/mol. The van der Waals surface area contributed by atoms with E-state index in [0.29, 0.717) is 0 Å². The maximum Gasteiger partial charge on any atom is 0.405 e. The molecule has 0 aliphatic carbocycles. The van der Waals surface area contributed by atoms with Gasteiger partial charge < -0.3 is 10.4 Å². The number of benzene rings is 1. The van der Waals surface area contributed by atoms with Crippen LogP contribution in [0.3, 0.4) is 0 Å². The van der Waals surface area contributed by atoms with E-state index in [2.05, 4.69) is 0 Å². The Bertz CT molecular complexity index is 703. The van der Waals surface area contributed by atoms with Gasteiger partial charge in [-0.15, -0.1) is 0 Å². The first-order chi connectivity index (χ1) is 10.4. The molecule has 0 aliphatic rings. The highest BCUT2D eigenvalue weighted by Gasteiger charge is 2.28. The second-order valence-corrected chi connectivity index (χ2v) is 6.22. The second-order valence-electron chi connectivity index (χ2n) is 4.51. The first kappa shape index (κ1) is 18.9. The van der Waals surface area contributed by atoms with Gasteiger partial charge in [0.05, 0.1) is 4.90 Å². The molecule has 3 N–H and O–H groups in total. The molecule has 1 aromatic rings. The third-order valence-corrected chi connectivity index (χ3v) is 4.10. The van der Waals surface area contributed by atoms with Crippen molar-refractivity contribution in [3.05, 3.63) is 29.8 Å². The molecule has 0 heterocycles. The van der Waals surface area contributed by atoms with Crippen LogP contribution in [-0.4, -0.2) is 44.2 Å². The summed E-state index contributed by atoms with van der Waals surface area (Å²) in [5.74, 6) is -2.52. The van der Waals surface area contributed by atoms with Crippen LogP contribution in [0.4, 0.5) is 13.2 Å². The zero-order valence-electron chi connectivity index (χ0n) is 11.7. The summed E-state index contributed by atoms with van der Waals surface area (Å²) in [4.78, 5) is 21.8. The van der Waals surface area contributed by atoms with Crippen molar-refractivity contribution in [3.8, 4) is 0 Å². The number of rotatable bonds is 6. The van der Waals surface area contributed by atoms with Gasteiger partial charge in [0.15, 0.2) is 0 Å². The fourth-order valence-electron chi connectivity index (χ4n) is 1.44. The van der Waals surface area contributed by atoms with E-state index in [4.69, 9.17) is 5.11 Å². The van der Waals surface area contributed by atoms with E-state index in [9.17, 15) is 31.2 Å². The van der Waals surface area contributed by atoms with E-state index in [1.165, 1.54) is 0 Å². The van der Waals surface area contributed by atoms with Gasteiger partial charge in [-0.1, -0.05) is 6.07 Å². The zero-order valence-corrected chi connectivity index (χ0v) is 12.5. The van der Waals surface area contributed by atoms with Crippen molar-refractivity contribution < 1.29 is 36.3 Å². The normalized spacial score (nSPS) is 13.4. The Morgan fingerprint density at radius 2 is 1.91 bits per heavy atom. The predicted octanol–water partition coefficient (Wildman–Crippen LogP) is 0.730. The lowest BCUT2D eigenvalue weighted by molar-refractivity contribution is -0.138. The molecule has 128 valence electrons. The number of alkyl halides is 3. The lowest BCUT2D eigenvalue weighted by Crippen LogP contribution is -2.38. The van der Waals surface area contributed by atoms with E-state index >= 15 is 0 Å². The first-order valence-electron chi connectivity index (χ1n) is 6.12. The van der Waals surface area contributed by atoms with Crippen LogP contribution in [0.15, 0.2) is 29.2 Å². The summed E-state index contributed by atoms with van der Waals surface area (Å²) in [5, 5.41) is 10.3. The number of nitrogens with one attached hydrogen (secondary N) is 2.